The topological polar surface area (TPSA) is 62.2 Å². The van der Waals surface area contributed by atoms with Crippen molar-refractivity contribution in [2.45, 2.75) is 39.3 Å². The molecule has 22 heavy (non-hydrogen) atoms. The second-order valence-electron chi connectivity index (χ2n) is 6.26. The minimum absolute atomic E-state index is 0.0943. The highest BCUT2D eigenvalue weighted by Crippen LogP contribution is 2.25. The molecule has 0 fully saturated rings. The first-order valence-electron chi connectivity index (χ1n) is 7.35. The Kier molecular flexibility index (Phi) is 4.93. The molecule has 0 saturated carbocycles. The van der Waals surface area contributed by atoms with Gasteiger partial charge in [-0.15, -0.1) is 0 Å². The van der Waals surface area contributed by atoms with Gasteiger partial charge in [0.25, 0.3) is 5.91 Å². The van der Waals surface area contributed by atoms with Crippen LogP contribution >= 0.6 is 0 Å². The number of amides is 1. The SMILES string of the molecule is CC(C)(C)c1ccccc1C(=O)NCc1cccc(CO)n1. The monoisotopic (exact) mass is 298 g/mol. The van der Waals surface area contributed by atoms with Crippen molar-refractivity contribution < 1.29 is 9.90 Å². The van der Waals surface area contributed by atoms with E-state index >= 15 is 0 Å². The van der Waals surface area contributed by atoms with E-state index in [2.05, 4.69) is 31.1 Å². The van der Waals surface area contributed by atoms with Crippen LogP contribution in [0.2, 0.25) is 0 Å². The van der Waals surface area contributed by atoms with Gasteiger partial charge in [0.1, 0.15) is 0 Å². The number of benzene rings is 1. The van der Waals surface area contributed by atoms with Gasteiger partial charge >= 0.3 is 0 Å². The molecule has 0 aliphatic carbocycles. The van der Waals surface area contributed by atoms with Gasteiger partial charge in [-0.1, -0.05) is 45.0 Å². The summed E-state index contributed by atoms with van der Waals surface area (Å²) in [5.74, 6) is -0.110. The second-order valence-corrected chi connectivity index (χ2v) is 6.26. The quantitative estimate of drug-likeness (QED) is 0.912. The summed E-state index contributed by atoms with van der Waals surface area (Å²) in [6.07, 6.45) is 0. The average Bonchev–Trinajstić information content (AvgIpc) is 2.52. The number of nitrogens with one attached hydrogen (secondary N) is 1. The number of hydrogen-bond acceptors (Lipinski definition) is 3. The number of pyridine rings is 1. The summed E-state index contributed by atoms with van der Waals surface area (Å²) in [6.45, 7) is 6.50. The molecule has 1 amide bonds. The van der Waals surface area contributed by atoms with E-state index in [9.17, 15) is 4.79 Å². The van der Waals surface area contributed by atoms with E-state index in [1.807, 2.05) is 36.4 Å². The minimum atomic E-state index is -0.110. The van der Waals surface area contributed by atoms with E-state index in [1.54, 1.807) is 6.07 Å². The first-order valence-corrected chi connectivity index (χ1v) is 7.35. The average molecular weight is 298 g/mol. The van der Waals surface area contributed by atoms with Crippen molar-refractivity contribution in [2.24, 2.45) is 0 Å². The Balaban J connectivity index is 2.13. The van der Waals surface area contributed by atoms with E-state index in [0.29, 0.717) is 17.8 Å². The van der Waals surface area contributed by atoms with Crippen LogP contribution in [0.1, 0.15) is 48.1 Å². The van der Waals surface area contributed by atoms with Crippen molar-refractivity contribution in [3.8, 4) is 0 Å². The Morgan fingerprint density at radius 1 is 1.09 bits per heavy atom. The molecule has 0 radical (unpaired) electrons. The van der Waals surface area contributed by atoms with Crippen molar-refractivity contribution in [1.82, 2.24) is 10.3 Å². The van der Waals surface area contributed by atoms with Crippen molar-refractivity contribution in [3.63, 3.8) is 0 Å². The predicted octanol–water partition coefficient (Wildman–Crippen LogP) is 2.80. The number of nitrogens with zero attached hydrogens (tertiary/aromatic N) is 1. The number of aliphatic hydroxyl groups is 1. The standard InChI is InChI=1S/C18H22N2O2/c1-18(2,3)16-10-5-4-9-15(16)17(22)19-11-13-7-6-8-14(12-21)20-13/h4-10,21H,11-12H2,1-3H3,(H,19,22). The normalized spacial score (nSPS) is 11.3. The number of carbonyl (C=O) groups excluding carboxylic acids is 1. The molecule has 1 heterocycles. The first-order chi connectivity index (χ1) is 10.4. The van der Waals surface area contributed by atoms with Gasteiger partial charge < -0.3 is 10.4 Å². The Morgan fingerprint density at radius 3 is 2.45 bits per heavy atom. The lowest BCUT2D eigenvalue weighted by molar-refractivity contribution is 0.0948. The summed E-state index contributed by atoms with van der Waals surface area (Å²) < 4.78 is 0. The number of rotatable bonds is 4. The fraction of sp³-hybridized carbons (Fsp3) is 0.333. The highest BCUT2D eigenvalue weighted by molar-refractivity contribution is 5.96. The molecule has 0 spiro atoms. The number of aromatic nitrogens is 1. The fourth-order valence-corrected chi connectivity index (χ4v) is 2.32. The zero-order chi connectivity index (χ0) is 16.2. The van der Waals surface area contributed by atoms with Crippen LogP contribution in [0.5, 0.6) is 0 Å². The van der Waals surface area contributed by atoms with Gasteiger partial charge in [-0.2, -0.15) is 0 Å². The van der Waals surface area contributed by atoms with Crippen LogP contribution in [0, 0.1) is 0 Å². The molecule has 0 aliphatic rings. The van der Waals surface area contributed by atoms with Gasteiger partial charge in [0.05, 0.1) is 24.5 Å². The predicted molar refractivity (Wildman–Crippen MR) is 86.5 cm³/mol. The summed E-state index contributed by atoms with van der Waals surface area (Å²) in [4.78, 5) is 16.7. The maximum atomic E-state index is 12.5. The summed E-state index contributed by atoms with van der Waals surface area (Å²) in [7, 11) is 0. The zero-order valence-electron chi connectivity index (χ0n) is 13.3. The van der Waals surface area contributed by atoms with Gasteiger partial charge in [0.15, 0.2) is 0 Å². The van der Waals surface area contributed by atoms with Crippen LogP contribution in [0.4, 0.5) is 0 Å². The molecule has 2 N–H and O–H groups in total. The van der Waals surface area contributed by atoms with Crippen LogP contribution in [-0.2, 0) is 18.6 Å². The summed E-state index contributed by atoms with van der Waals surface area (Å²) in [5.41, 5.74) is 2.94. The smallest absolute Gasteiger partial charge is 0.251 e. The molecule has 4 nitrogen and oxygen atoms in total. The van der Waals surface area contributed by atoms with Gasteiger partial charge in [-0.3, -0.25) is 9.78 Å². The van der Waals surface area contributed by atoms with Gasteiger partial charge in [0.2, 0.25) is 0 Å². The molecule has 1 aromatic heterocycles. The van der Waals surface area contributed by atoms with Crippen molar-refractivity contribution in [2.75, 3.05) is 0 Å². The Bertz CT molecular complexity index is 660. The molecule has 116 valence electrons. The third-order valence-electron chi connectivity index (χ3n) is 3.44. The lowest BCUT2D eigenvalue weighted by atomic mass is 9.83. The number of hydrogen-bond donors (Lipinski definition) is 2. The lowest BCUT2D eigenvalue weighted by Gasteiger charge is -2.22. The van der Waals surface area contributed by atoms with Gasteiger partial charge in [-0.25, -0.2) is 0 Å². The molecule has 0 aliphatic heterocycles. The minimum Gasteiger partial charge on any atom is -0.390 e. The maximum absolute atomic E-state index is 12.5. The van der Waals surface area contributed by atoms with Crippen LogP contribution in [0.3, 0.4) is 0 Å². The van der Waals surface area contributed by atoms with Crippen LogP contribution in [0.15, 0.2) is 42.5 Å². The molecule has 0 atom stereocenters. The Labute approximate surface area is 131 Å². The second kappa shape index (κ2) is 6.71. The molecule has 2 rings (SSSR count). The first kappa shape index (κ1) is 16.2. The van der Waals surface area contributed by atoms with Crippen molar-refractivity contribution in [1.29, 1.82) is 0 Å². The van der Waals surface area contributed by atoms with Gasteiger partial charge in [-0.05, 0) is 29.2 Å². The number of carbonyl (C=O) groups is 1. The fourth-order valence-electron chi connectivity index (χ4n) is 2.32. The summed E-state index contributed by atoms with van der Waals surface area (Å²) in [5, 5.41) is 12.0. The summed E-state index contributed by atoms with van der Waals surface area (Å²) >= 11 is 0. The molecule has 0 saturated heterocycles. The zero-order valence-corrected chi connectivity index (χ0v) is 13.3. The maximum Gasteiger partial charge on any atom is 0.251 e. The third-order valence-corrected chi connectivity index (χ3v) is 3.44. The molecule has 0 bridgehead atoms. The molecule has 0 unspecified atom stereocenters. The molecule has 2 aromatic rings. The lowest BCUT2D eigenvalue weighted by Crippen LogP contribution is -2.27. The van der Waals surface area contributed by atoms with E-state index in [1.165, 1.54) is 0 Å². The molecular formula is C18H22N2O2. The van der Waals surface area contributed by atoms with Crippen molar-refractivity contribution >= 4 is 5.91 Å². The highest BCUT2D eigenvalue weighted by Gasteiger charge is 2.20. The van der Waals surface area contributed by atoms with Crippen molar-refractivity contribution in [3.05, 3.63) is 65.0 Å². The van der Waals surface area contributed by atoms with E-state index < -0.39 is 0 Å². The van der Waals surface area contributed by atoms with Crippen LogP contribution < -0.4 is 5.32 Å². The van der Waals surface area contributed by atoms with E-state index in [-0.39, 0.29) is 17.9 Å². The Morgan fingerprint density at radius 2 is 1.77 bits per heavy atom. The van der Waals surface area contributed by atoms with Gasteiger partial charge in [0, 0.05) is 5.56 Å². The Hall–Kier alpha value is -2.20. The number of aliphatic hydroxyl groups excluding tert-OH is 1. The highest BCUT2D eigenvalue weighted by atomic mass is 16.3. The van der Waals surface area contributed by atoms with Crippen LogP contribution in [0.25, 0.3) is 0 Å². The molecular weight excluding hydrogens is 276 g/mol. The molecule has 4 heteroatoms. The van der Waals surface area contributed by atoms with E-state index in [4.69, 9.17) is 5.11 Å². The summed E-state index contributed by atoms with van der Waals surface area (Å²) in [6, 6.07) is 13.0. The third kappa shape index (κ3) is 3.92. The largest absolute Gasteiger partial charge is 0.390 e. The van der Waals surface area contributed by atoms with E-state index in [0.717, 1.165) is 11.3 Å². The van der Waals surface area contributed by atoms with Crippen LogP contribution in [-0.4, -0.2) is 16.0 Å². The molecule has 1 aromatic carbocycles.